The van der Waals surface area contributed by atoms with Crippen LogP contribution in [0.25, 0.3) is 0 Å². The second kappa shape index (κ2) is 6.51. The van der Waals surface area contributed by atoms with Crippen molar-refractivity contribution in [2.75, 3.05) is 19.6 Å². The quantitative estimate of drug-likeness (QED) is 0.909. The lowest BCUT2D eigenvalue weighted by atomic mass is 9.80. The fourth-order valence-corrected chi connectivity index (χ4v) is 3.10. The summed E-state index contributed by atoms with van der Waals surface area (Å²) in [6.45, 7) is 12.1. The first kappa shape index (κ1) is 16.5. The molecular weight excluding hydrogens is 280 g/mol. The largest absolute Gasteiger partial charge is 0.310 e. The number of hydrogen-bond acceptors (Lipinski definition) is 2. The van der Waals surface area contributed by atoms with Crippen LogP contribution in [0, 0.1) is 5.41 Å². The predicted octanol–water partition coefficient (Wildman–Crippen LogP) is 3.97. The zero-order valence-corrected chi connectivity index (χ0v) is 14.3. The maximum atomic E-state index is 5.76. The van der Waals surface area contributed by atoms with Gasteiger partial charge < -0.3 is 5.32 Å². The molecule has 0 bridgehead atoms. The molecule has 3 heteroatoms. The van der Waals surface area contributed by atoms with Gasteiger partial charge in [-0.2, -0.15) is 0 Å². The van der Waals surface area contributed by atoms with Crippen molar-refractivity contribution in [1.29, 1.82) is 0 Å². The van der Waals surface area contributed by atoms with Crippen molar-refractivity contribution in [3.05, 3.63) is 47.5 Å². The van der Waals surface area contributed by atoms with E-state index in [-0.39, 0.29) is 11.0 Å². The van der Waals surface area contributed by atoms with E-state index in [1.165, 1.54) is 5.56 Å². The van der Waals surface area contributed by atoms with E-state index in [9.17, 15) is 0 Å². The molecule has 1 aromatic rings. The Kier molecular flexibility index (Phi) is 5.13. The minimum absolute atomic E-state index is 0.000586. The number of nitrogens with one attached hydrogen (secondary N) is 1. The number of rotatable bonds is 3. The SMILES string of the molecule is CC(C)(C)C1CN(C/C=C/Cl)C(C)(c2ccccc2)CN1. The van der Waals surface area contributed by atoms with Crippen LogP contribution in [0.2, 0.25) is 0 Å². The predicted molar refractivity (Wildman–Crippen MR) is 91.6 cm³/mol. The van der Waals surface area contributed by atoms with Crippen LogP contribution in [0.15, 0.2) is 41.9 Å². The summed E-state index contributed by atoms with van der Waals surface area (Å²) in [5.41, 5.74) is 3.23. The summed E-state index contributed by atoms with van der Waals surface area (Å²) >= 11 is 5.76. The molecule has 0 amide bonds. The topological polar surface area (TPSA) is 15.3 Å². The highest BCUT2D eigenvalue weighted by molar-refractivity contribution is 6.25. The fraction of sp³-hybridized carbons (Fsp3) is 0.556. The molecule has 1 aliphatic rings. The van der Waals surface area contributed by atoms with E-state index < -0.39 is 0 Å². The van der Waals surface area contributed by atoms with Crippen molar-refractivity contribution in [1.82, 2.24) is 10.2 Å². The summed E-state index contributed by atoms with van der Waals surface area (Å²) < 4.78 is 0. The molecule has 1 aromatic carbocycles. The Morgan fingerprint density at radius 1 is 1.33 bits per heavy atom. The average Bonchev–Trinajstić information content (AvgIpc) is 2.46. The molecule has 0 aromatic heterocycles. The summed E-state index contributed by atoms with van der Waals surface area (Å²) in [6, 6.07) is 11.2. The van der Waals surface area contributed by atoms with Crippen LogP contribution in [-0.2, 0) is 5.54 Å². The van der Waals surface area contributed by atoms with Crippen molar-refractivity contribution < 1.29 is 0 Å². The summed E-state index contributed by atoms with van der Waals surface area (Å²) in [5, 5.41) is 3.76. The molecule has 0 spiro atoms. The Labute approximate surface area is 134 Å². The highest BCUT2D eigenvalue weighted by Gasteiger charge is 2.41. The Hall–Kier alpha value is -0.830. The number of halogens is 1. The van der Waals surface area contributed by atoms with Gasteiger partial charge in [-0.15, -0.1) is 0 Å². The maximum absolute atomic E-state index is 5.76. The zero-order chi connectivity index (χ0) is 15.5. The molecule has 1 fully saturated rings. The second-order valence-electron chi connectivity index (χ2n) is 7.21. The Balaban J connectivity index is 2.28. The van der Waals surface area contributed by atoms with Gasteiger partial charge in [0.1, 0.15) is 0 Å². The average molecular weight is 307 g/mol. The highest BCUT2D eigenvalue weighted by atomic mass is 35.5. The van der Waals surface area contributed by atoms with Crippen LogP contribution in [0.4, 0.5) is 0 Å². The van der Waals surface area contributed by atoms with Gasteiger partial charge in [0.05, 0.1) is 5.54 Å². The van der Waals surface area contributed by atoms with Crippen molar-refractivity contribution in [2.24, 2.45) is 5.41 Å². The van der Waals surface area contributed by atoms with Crippen molar-refractivity contribution in [3.63, 3.8) is 0 Å². The fourth-order valence-electron chi connectivity index (χ4n) is 3.03. The number of piperazine rings is 1. The van der Waals surface area contributed by atoms with Gasteiger partial charge in [-0.3, -0.25) is 4.90 Å². The van der Waals surface area contributed by atoms with Crippen molar-refractivity contribution in [2.45, 2.75) is 39.3 Å². The van der Waals surface area contributed by atoms with E-state index in [0.717, 1.165) is 19.6 Å². The van der Waals surface area contributed by atoms with Crippen molar-refractivity contribution >= 4 is 11.6 Å². The Bertz CT molecular complexity index is 478. The number of benzene rings is 1. The van der Waals surface area contributed by atoms with Crippen LogP contribution in [0.3, 0.4) is 0 Å². The third-order valence-electron chi connectivity index (χ3n) is 4.65. The molecule has 2 rings (SSSR count). The normalized spacial score (nSPS) is 28.1. The summed E-state index contributed by atoms with van der Waals surface area (Å²) in [5.74, 6) is 0. The first-order valence-electron chi connectivity index (χ1n) is 7.67. The maximum Gasteiger partial charge on any atom is 0.0561 e. The molecule has 1 aliphatic heterocycles. The first-order valence-corrected chi connectivity index (χ1v) is 8.11. The molecule has 21 heavy (non-hydrogen) atoms. The molecule has 0 saturated carbocycles. The van der Waals surface area contributed by atoms with E-state index >= 15 is 0 Å². The molecule has 2 unspecified atom stereocenters. The third-order valence-corrected chi connectivity index (χ3v) is 4.83. The van der Waals surface area contributed by atoms with E-state index in [1.54, 1.807) is 5.54 Å². The van der Waals surface area contributed by atoms with Gasteiger partial charge in [0.25, 0.3) is 0 Å². The van der Waals surface area contributed by atoms with E-state index in [1.807, 2.05) is 6.08 Å². The van der Waals surface area contributed by atoms with Gasteiger partial charge in [0, 0.05) is 31.2 Å². The number of hydrogen-bond donors (Lipinski definition) is 1. The highest BCUT2D eigenvalue weighted by Crippen LogP contribution is 2.34. The van der Waals surface area contributed by atoms with Crippen LogP contribution in [0.5, 0.6) is 0 Å². The molecule has 2 nitrogen and oxygen atoms in total. The summed E-state index contributed by atoms with van der Waals surface area (Å²) in [7, 11) is 0. The lowest BCUT2D eigenvalue weighted by Gasteiger charge is -2.51. The molecule has 1 heterocycles. The summed E-state index contributed by atoms with van der Waals surface area (Å²) in [6.07, 6.45) is 2.04. The molecule has 1 N–H and O–H groups in total. The van der Waals surface area contributed by atoms with Crippen LogP contribution in [0.1, 0.15) is 33.3 Å². The second-order valence-corrected chi connectivity index (χ2v) is 7.46. The van der Waals surface area contributed by atoms with Crippen molar-refractivity contribution in [3.8, 4) is 0 Å². The molecule has 116 valence electrons. The van der Waals surface area contributed by atoms with Crippen LogP contribution < -0.4 is 5.32 Å². The molecular formula is C18H27ClN2. The summed E-state index contributed by atoms with van der Waals surface area (Å²) in [4.78, 5) is 2.54. The number of nitrogens with zero attached hydrogens (tertiary/aromatic N) is 1. The first-order chi connectivity index (χ1) is 9.88. The molecule has 0 radical (unpaired) electrons. The molecule has 0 aliphatic carbocycles. The zero-order valence-electron chi connectivity index (χ0n) is 13.6. The van der Waals surface area contributed by atoms with E-state index in [2.05, 4.69) is 68.2 Å². The lowest BCUT2D eigenvalue weighted by Crippen LogP contribution is -2.64. The Morgan fingerprint density at radius 2 is 2.00 bits per heavy atom. The minimum atomic E-state index is -0.000586. The van der Waals surface area contributed by atoms with E-state index in [0.29, 0.717) is 6.04 Å². The van der Waals surface area contributed by atoms with Crippen LogP contribution >= 0.6 is 11.6 Å². The standard InChI is InChI=1S/C18H27ClN2/c1-17(2,3)16-13-21(12-8-11-19)18(4,14-20-16)15-9-6-5-7-10-15/h5-11,16,20H,12-14H2,1-4H3/b11-8+. The van der Waals surface area contributed by atoms with Gasteiger partial charge in [-0.05, 0) is 17.9 Å². The van der Waals surface area contributed by atoms with Gasteiger partial charge >= 0.3 is 0 Å². The Morgan fingerprint density at radius 3 is 2.57 bits per heavy atom. The van der Waals surface area contributed by atoms with Gasteiger partial charge in [-0.25, -0.2) is 0 Å². The van der Waals surface area contributed by atoms with Crippen LogP contribution in [-0.4, -0.2) is 30.6 Å². The lowest BCUT2D eigenvalue weighted by molar-refractivity contribution is 0.0316. The van der Waals surface area contributed by atoms with Gasteiger partial charge in [0.2, 0.25) is 0 Å². The smallest absolute Gasteiger partial charge is 0.0561 e. The molecule has 2 atom stereocenters. The minimum Gasteiger partial charge on any atom is -0.310 e. The third kappa shape index (κ3) is 3.68. The monoisotopic (exact) mass is 306 g/mol. The van der Waals surface area contributed by atoms with Gasteiger partial charge in [0.15, 0.2) is 0 Å². The molecule has 1 saturated heterocycles. The van der Waals surface area contributed by atoms with Gasteiger partial charge in [-0.1, -0.05) is 68.8 Å². The van der Waals surface area contributed by atoms with E-state index in [4.69, 9.17) is 11.6 Å².